The van der Waals surface area contributed by atoms with Gasteiger partial charge in [0.15, 0.2) is 0 Å². The van der Waals surface area contributed by atoms with Crippen LogP contribution in [0.1, 0.15) is 19.8 Å². The highest BCUT2D eigenvalue weighted by atomic mass is 35.7. The number of halogens is 2. The third-order valence-electron chi connectivity index (χ3n) is 1.12. The van der Waals surface area contributed by atoms with Gasteiger partial charge in [-0.2, -0.15) is 0 Å². The fraction of sp³-hybridized carbons (Fsp3) is 1.00. The molecule has 0 aromatic rings. The lowest BCUT2D eigenvalue weighted by molar-refractivity contribution is 0.425. The van der Waals surface area contributed by atoms with Crippen LogP contribution in [-0.2, 0) is 4.43 Å². The maximum Gasteiger partial charge on any atom is 0.389 e. The summed E-state index contributed by atoms with van der Waals surface area (Å²) in [6, 6.07) is 0.836. The van der Waals surface area contributed by atoms with E-state index in [4.69, 9.17) is 26.6 Å². The molecule has 0 N–H and O–H groups in total. The van der Waals surface area contributed by atoms with Crippen LogP contribution in [0.2, 0.25) is 6.04 Å². The average molecular weight is 187 g/mol. The van der Waals surface area contributed by atoms with Gasteiger partial charge in [0.1, 0.15) is 0 Å². The van der Waals surface area contributed by atoms with Crippen molar-refractivity contribution in [2.75, 3.05) is 7.11 Å². The molecule has 0 saturated heterocycles. The Morgan fingerprint density at radius 2 is 2.00 bits per heavy atom. The van der Waals surface area contributed by atoms with Crippen molar-refractivity contribution in [3.63, 3.8) is 0 Å². The Bertz CT molecular complexity index is 77.4. The third-order valence-corrected chi connectivity index (χ3v) is 4.71. The second kappa shape index (κ2) is 4.55. The zero-order valence-electron chi connectivity index (χ0n) is 5.79. The topological polar surface area (TPSA) is 9.23 Å². The molecular weight excluding hydrogens is 175 g/mol. The second-order valence-corrected chi connectivity index (χ2v) is 8.37. The normalized spacial score (nSPS) is 12.0. The maximum absolute atomic E-state index is 5.78. The molecule has 0 rings (SSSR count). The van der Waals surface area contributed by atoms with Crippen LogP contribution in [0.4, 0.5) is 0 Å². The summed E-state index contributed by atoms with van der Waals surface area (Å²) in [5.41, 5.74) is 0. The van der Waals surface area contributed by atoms with Crippen LogP contribution < -0.4 is 0 Å². The first-order valence-electron chi connectivity index (χ1n) is 3.05. The molecule has 0 aliphatic heterocycles. The summed E-state index contributed by atoms with van der Waals surface area (Å²) in [6.07, 6.45) is 2.19. The zero-order chi connectivity index (χ0) is 7.33. The Balaban J connectivity index is 3.33. The Labute approximate surface area is 66.8 Å². The Morgan fingerprint density at radius 3 is 2.33 bits per heavy atom. The molecular formula is C5H12Cl2OSi. The van der Waals surface area contributed by atoms with Gasteiger partial charge in [-0.3, -0.25) is 0 Å². The molecule has 0 aliphatic rings. The summed E-state index contributed by atoms with van der Waals surface area (Å²) in [4.78, 5) is 0. The zero-order valence-corrected chi connectivity index (χ0v) is 8.30. The van der Waals surface area contributed by atoms with Gasteiger partial charge < -0.3 is 4.43 Å². The van der Waals surface area contributed by atoms with Crippen molar-refractivity contribution in [3.05, 3.63) is 0 Å². The predicted molar refractivity (Wildman–Crippen MR) is 44.2 cm³/mol. The number of unbranched alkanes of at least 4 members (excludes halogenated alkanes) is 1. The van der Waals surface area contributed by atoms with Gasteiger partial charge in [-0.15, -0.1) is 22.2 Å². The van der Waals surface area contributed by atoms with Crippen LogP contribution in [-0.4, -0.2) is 14.0 Å². The van der Waals surface area contributed by atoms with E-state index >= 15 is 0 Å². The van der Waals surface area contributed by atoms with Crippen molar-refractivity contribution in [3.8, 4) is 0 Å². The first kappa shape index (κ1) is 9.76. The Morgan fingerprint density at radius 1 is 1.44 bits per heavy atom. The summed E-state index contributed by atoms with van der Waals surface area (Å²) >= 11 is 11.6. The number of hydrogen-bond donors (Lipinski definition) is 0. The summed E-state index contributed by atoms with van der Waals surface area (Å²) < 4.78 is 4.91. The molecule has 0 radical (unpaired) electrons. The largest absolute Gasteiger partial charge is 0.396 e. The molecule has 0 heterocycles. The third kappa shape index (κ3) is 5.21. The van der Waals surface area contributed by atoms with E-state index in [1.165, 1.54) is 0 Å². The van der Waals surface area contributed by atoms with Crippen molar-refractivity contribution in [1.29, 1.82) is 0 Å². The van der Waals surface area contributed by atoms with Gasteiger partial charge in [0.25, 0.3) is 0 Å². The molecule has 9 heavy (non-hydrogen) atoms. The Hall–Kier alpha value is 0.757. The van der Waals surface area contributed by atoms with Crippen LogP contribution in [0.15, 0.2) is 0 Å². The molecule has 0 fully saturated rings. The van der Waals surface area contributed by atoms with Crippen molar-refractivity contribution in [1.82, 2.24) is 0 Å². The number of hydrogen-bond acceptors (Lipinski definition) is 1. The molecule has 0 aliphatic carbocycles. The highest BCUT2D eigenvalue weighted by molar-refractivity contribution is 7.42. The lowest BCUT2D eigenvalue weighted by Gasteiger charge is -2.11. The van der Waals surface area contributed by atoms with Crippen molar-refractivity contribution < 1.29 is 4.43 Å². The van der Waals surface area contributed by atoms with Gasteiger partial charge in [0, 0.05) is 7.11 Å². The molecule has 0 amide bonds. The van der Waals surface area contributed by atoms with E-state index in [1.807, 2.05) is 0 Å². The summed E-state index contributed by atoms with van der Waals surface area (Å²) in [5, 5.41) is 0. The van der Waals surface area contributed by atoms with Crippen molar-refractivity contribution in [2.24, 2.45) is 0 Å². The fourth-order valence-electron chi connectivity index (χ4n) is 0.485. The van der Waals surface area contributed by atoms with Crippen LogP contribution >= 0.6 is 22.2 Å². The smallest absolute Gasteiger partial charge is 0.389 e. The molecule has 0 atom stereocenters. The minimum Gasteiger partial charge on any atom is -0.396 e. The van der Waals surface area contributed by atoms with Crippen molar-refractivity contribution >= 4 is 29.1 Å². The van der Waals surface area contributed by atoms with Gasteiger partial charge >= 0.3 is 6.94 Å². The van der Waals surface area contributed by atoms with Gasteiger partial charge in [-0.05, 0) is 6.04 Å². The lowest BCUT2D eigenvalue weighted by atomic mass is 10.4. The summed E-state index contributed by atoms with van der Waals surface area (Å²) in [6.45, 7) is -0.149. The van der Waals surface area contributed by atoms with E-state index in [2.05, 4.69) is 6.92 Å². The molecule has 0 bridgehead atoms. The molecule has 0 aromatic heterocycles. The van der Waals surface area contributed by atoms with E-state index in [0.29, 0.717) is 0 Å². The van der Waals surface area contributed by atoms with Gasteiger partial charge in [-0.25, -0.2) is 0 Å². The molecule has 1 nitrogen and oxygen atoms in total. The fourth-order valence-corrected chi connectivity index (χ4v) is 2.26. The quantitative estimate of drug-likeness (QED) is 0.485. The van der Waals surface area contributed by atoms with Gasteiger partial charge in [0.05, 0.1) is 0 Å². The number of rotatable bonds is 4. The standard InChI is InChI=1S/C5H12Cl2OSi/c1-3-4-5-9(6,7)8-2/h3-5H2,1-2H3. The van der Waals surface area contributed by atoms with Crippen LogP contribution in [0.3, 0.4) is 0 Å². The van der Waals surface area contributed by atoms with Gasteiger partial charge in [-0.1, -0.05) is 19.8 Å². The maximum atomic E-state index is 5.78. The highest BCUT2D eigenvalue weighted by Gasteiger charge is 2.27. The lowest BCUT2D eigenvalue weighted by Crippen LogP contribution is -2.21. The first-order valence-corrected chi connectivity index (χ1v) is 7.19. The van der Waals surface area contributed by atoms with E-state index in [9.17, 15) is 0 Å². The first-order chi connectivity index (χ1) is 4.12. The molecule has 0 aromatic carbocycles. The van der Waals surface area contributed by atoms with E-state index in [1.54, 1.807) is 7.11 Å². The summed E-state index contributed by atoms with van der Waals surface area (Å²) in [5.74, 6) is 0. The minimum atomic E-state index is -2.25. The SMILES string of the molecule is CCCC[Si](Cl)(Cl)OC. The molecule has 0 unspecified atom stereocenters. The van der Waals surface area contributed by atoms with E-state index < -0.39 is 6.94 Å². The van der Waals surface area contributed by atoms with Crippen LogP contribution in [0, 0.1) is 0 Å². The summed E-state index contributed by atoms with van der Waals surface area (Å²) in [7, 11) is 1.57. The molecule has 0 spiro atoms. The van der Waals surface area contributed by atoms with E-state index in [0.717, 1.165) is 18.9 Å². The predicted octanol–water partition coefficient (Wildman–Crippen LogP) is 2.85. The molecule has 4 heteroatoms. The van der Waals surface area contributed by atoms with Crippen LogP contribution in [0.5, 0.6) is 0 Å². The average Bonchev–Trinajstić information content (AvgIpc) is 1.84. The monoisotopic (exact) mass is 186 g/mol. The second-order valence-electron chi connectivity index (χ2n) is 1.95. The molecule has 56 valence electrons. The highest BCUT2D eigenvalue weighted by Crippen LogP contribution is 2.22. The van der Waals surface area contributed by atoms with E-state index in [-0.39, 0.29) is 0 Å². The minimum absolute atomic E-state index is 0.836. The Kier molecular flexibility index (Phi) is 4.94. The van der Waals surface area contributed by atoms with Crippen LogP contribution in [0.25, 0.3) is 0 Å². The van der Waals surface area contributed by atoms with Gasteiger partial charge in [0.2, 0.25) is 0 Å². The molecule has 0 saturated carbocycles. The van der Waals surface area contributed by atoms with Crippen molar-refractivity contribution in [2.45, 2.75) is 25.8 Å².